The number of benzene rings is 1. The van der Waals surface area contributed by atoms with Gasteiger partial charge < -0.3 is 10.3 Å². The largest absolute Gasteiger partial charge is 0.324 e. The fraction of sp³-hybridized carbons (Fsp3) is 0.429. The Kier molecular flexibility index (Phi) is 6.52. The van der Waals surface area contributed by atoms with Crippen molar-refractivity contribution in [3.05, 3.63) is 41.2 Å². The molecular weight excluding hydrogens is 292 g/mol. The Morgan fingerprint density at radius 3 is 2.35 bits per heavy atom. The van der Waals surface area contributed by atoms with E-state index in [1.807, 2.05) is 11.6 Å². The van der Waals surface area contributed by atoms with E-state index >= 15 is 0 Å². The predicted molar refractivity (Wildman–Crippen MR) is 86.2 cm³/mol. The molecule has 2 aromatic rings. The fourth-order valence-electron chi connectivity index (χ4n) is 1.80. The van der Waals surface area contributed by atoms with Crippen molar-refractivity contribution in [2.24, 2.45) is 12.8 Å². The van der Waals surface area contributed by atoms with Gasteiger partial charge in [-0.15, -0.1) is 22.6 Å². The molecule has 0 amide bonds. The van der Waals surface area contributed by atoms with Gasteiger partial charge in [-0.2, -0.15) is 0 Å². The van der Waals surface area contributed by atoms with Gasteiger partial charge in [0.05, 0.1) is 6.54 Å². The van der Waals surface area contributed by atoms with Crippen LogP contribution in [0.2, 0.25) is 0 Å². The Morgan fingerprint density at radius 1 is 1.20 bits per heavy atom. The Morgan fingerprint density at radius 2 is 1.85 bits per heavy atom. The van der Waals surface area contributed by atoms with Gasteiger partial charge in [0.1, 0.15) is 5.82 Å². The van der Waals surface area contributed by atoms with Crippen molar-refractivity contribution >= 4 is 24.2 Å². The maximum atomic E-state index is 5.58. The highest BCUT2D eigenvalue weighted by Gasteiger charge is 2.08. The van der Waals surface area contributed by atoms with Crippen molar-refractivity contribution in [3.8, 4) is 0 Å². The number of hydrogen-bond acceptors (Lipinski definition) is 4. The lowest BCUT2D eigenvalue weighted by molar-refractivity contribution is 0.734. The number of rotatable bonds is 5. The number of halogens is 1. The highest BCUT2D eigenvalue weighted by molar-refractivity contribution is 7.98. The highest BCUT2D eigenvalue weighted by atomic mass is 35.5. The summed E-state index contributed by atoms with van der Waals surface area (Å²) in [5.41, 5.74) is 8.25. The van der Waals surface area contributed by atoms with Gasteiger partial charge in [-0.3, -0.25) is 0 Å². The van der Waals surface area contributed by atoms with Crippen molar-refractivity contribution in [2.45, 2.75) is 37.2 Å². The molecule has 6 heteroatoms. The van der Waals surface area contributed by atoms with Crippen molar-refractivity contribution in [3.63, 3.8) is 0 Å². The summed E-state index contributed by atoms with van der Waals surface area (Å²) >= 11 is 1.68. The van der Waals surface area contributed by atoms with E-state index in [1.165, 1.54) is 11.1 Å². The normalized spacial score (nSPS) is 10.7. The van der Waals surface area contributed by atoms with Gasteiger partial charge in [-0.05, 0) is 17.0 Å². The van der Waals surface area contributed by atoms with Gasteiger partial charge in [0.15, 0.2) is 5.16 Å². The molecule has 4 nitrogen and oxygen atoms in total. The summed E-state index contributed by atoms with van der Waals surface area (Å²) < 4.78 is 1.95. The molecule has 0 spiro atoms. The molecule has 110 valence electrons. The third-order valence-electron chi connectivity index (χ3n) is 3.12. The summed E-state index contributed by atoms with van der Waals surface area (Å²) in [6.07, 6.45) is 0. The monoisotopic (exact) mass is 312 g/mol. The molecule has 0 bridgehead atoms. The van der Waals surface area contributed by atoms with Gasteiger partial charge in [-0.25, -0.2) is 0 Å². The highest BCUT2D eigenvalue weighted by Crippen LogP contribution is 2.22. The third kappa shape index (κ3) is 3.98. The van der Waals surface area contributed by atoms with E-state index in [9.17, 15) is 0 Å². The summed E-state index contributed by atoms with van der Waals surface area (Å²) in [6, 6.07) is 8.76. The van der Waals surface area contributed by atoms with Crippen LogP contribution >= 0.6 is 24.2 Å². The molecule has 0 fully saturated rings. The molecule has 0 aliphatic rings. The first kappa shape index (κ1) is 17.0. The zero-order chi connectivity index (χ0) is 13.8. The molecule has 2 rings (SSSR count). The lowest BCUT2D eigenvalue weighted by atomic mass is 10.0. The smallest absolute Gasteiger partial charge is 0.191 e. The molecular formula is C14H21ClN4S. The van der Waals surface area contributed by atoms with Crippen LogP contribution < -0.4 is 5.73 Å². The second-order valence-corrected chi connectivity index (χ2v) is 5.79. The van der Waals surface area contributed by atoms with E-state index in [-0.39, 0.29) is 12.4 Å². The SMILES string of the molecule is CC(C)c1ccc(CSc2nnc(CN)n2C)cc1.Cl. The minimum absolute atomic E-state index is 0. The second-order valence-electron chi connectivity index (χ2n) is 4.85. The summed E-state index contributed by atoms with van der Waals surface area (Å²) in [6.45, 7) is 4.84. The Balaban J connectivity index is 0.00000200. The zero-order valence-corrected chi connectivity index (χ0v) is 13.7. The van der Waals surface area contributed by atoms with Gasteiger partial charge in [0, 0.05) is 12.8 Å². The average molecular weight is 313 g/mol. The van der Waals surface area contributed by atoms with Crippen molar-refractivity contribution < 1.29 is 0 Å². The molecule has 0 aliphatic heterocycles. The Labute approximate surface area is 130 Å². The molecule has 1 aromatic heterocycles. The van der Waals surface area contributed by atoms with Crippen LogP contribution in [0.4, 0.5) is 0 Å². The molecule has 1 aromatic carbocycles. The zero-order valence-electron chi connectivity index (χ0n) is 12.0. The van der Waals surface area contributed by atoms with Gasteiger partial charge in [-0.1, -0.05) is 49.9 Å². The van der Waals surface area contributed by atoms with Gasteiger partial charge >= 0.3 is 0 Å². The lowest BCUT2D eigenvalue weighted by Gasteiger charge is -2.06. The van der Waals surface area contributed by atoms with Crippen LogP contribution in [0.25, 0.3) is 0 Å². The van der Waals surface area contributed by atoms with Crippen LogP contribution in [-0.4, -0.2) is 14.8 Å². The number of aromatic nitrogens is 3. The van der Waals surface area contributed by atoms with E-state index in [0.717, 1.165) is 16.7 Å². The molecule has 2 N–H and O–H groups in total. The molecule has 0 atom stereocenters. The Bertz CT molecular complexity index is 537. The van der Waals surface area contributed by atoms with E-state index in [1.54, 1.807) is 11.8 Å². The number of nitrogens with two attached hydrogens (primary N) is 1. The molecule has 0 radical (unpaired) electrons. The predicted octanol–water partition coefficient (Wildman–Crippen LogP) is 3.11. The maximum Gasteiger partial charge on any atom is 0.191 e. The first-order chi connectivity index (χ1) is 9.11. The molecule has 1 heterocycles. The van der Waals surface area contributed by atoms with E-state index in [4.69, 9.17) is 5.73 Å². The maximum absolute atomic E-state index is 5.58. The van der Waals surface area contributed by atoms with Crippen molar-refractivity contribution in [2.75, 3.05) is 0 Å². The third-order valence-corrected chi connectivity index (χ3v) is 4.21. The molecule has 0 unspecified atom stereocenters. The standard InChI is InChI=1S/C14H20N4S.ClH/c1-10(2)12-6-4-11(5-7-12)9-19-14-17-16-13(8-15)18(14)3;/h4-7,10H,8-9,15H2,1-3H3;1H. The summed E-state index contributed by atoms with van der Waals surface area (Å²) in [4.78, 5) is 0. The minimum Gasteiger partial charge on any atom is -0.324 e. The van der Waals surface area contributed by atoms with E-state index < -0.39 is 0 Å². The topological polar surface area (TPSA) is 56.7 Å². The van der Waals surface area contributed by atoms with Crippen LogP contribution in [-0.2, 0) is 19.3 Å². The minimum atomic E-state index is 0. The quantitative estimate of drug-likeness (QED) is 0.862. The molecule has 20 heavy (non-hydrogen) atoms. The lowest BCUT2D eigenvalue weighted by Crippen LogP contribution is -2.05. The van der Waals surface area contributed by atoms with Gasteiger partial charge in [0.25, 0.3) is 0 Å². The van der Waals surface area contributed by atoms with Crippen LogP contribution in [0.15, 0.2) is 29.4 Å². The van der Waals surface area contributed by atoms with Crippen LogP contribution in [0.3, 0.4) is 0 Å². The molecule has 0 saturated heterocycles. The van der Waals surface area contributed by atoms with Crippen LogP contribution in [0.1, 0.15) is 36.7 Å². The number of nitrogens with zero attached hydrogens (tertiary/aromatic N) is 3. The number of thioether (sulfide) groups is 1. The van der Waals surface area contributed by atoms with Crippen molar-refractivity contribution in [1.29, 1.82) is 0 Å². The molecule has 0 saturated carbocycles. The first-order valence-electron chi connectivity index (χ1n) is 6.41. The summed E-state index contributed by atoms with van der Waals surface area (Å²) in [5.74, 6) is 2.29. The number of hydrogen-bond donors (Lipinski definition) is 1. The average Bonchev–Trinajstić information content (AvgIpc) is 2.77. The Hall–Kier alpha value is -1.04. The van der Waals surface area contributed by atoms with Crippen LogP contribution in [0, 0.1) is 0 Å². The van der Waals surface area contributed by atoms with Gasteiger partial charge in [0.2, 0.25) is 0 Å². The van der Waals surface area contributed by atoms with Crippen LogP contribution in [0.5, 0.6) is 0 Å². The second kappa shape index (κ2) is 7.67. The van der Waals surface area contributed by atoms with Crippen molar-refractivity contribution in [1.82, 2.24) is 14.8 Å². The first-order valence-corrected chi connectivity index (χ1v) is 7.40. The van der Waals surface area contributed by atoms with E-state index in [2.05, 4.69) is 48.3 Å². The summed E-state index contributed by atoms with van der Waals surface area (Å²) in [7, 11) is 1.95. The summed E-state index contributed by atoms with van der Waals surface area (Å²) in [5, 5.41) is 9.10. The van der Waals surface area contributed by atoms with E-state index in [0.29, 0.717) is 12.5 Å². The fourth-order valence-corrected chi connectivity index (χ4v) is 2.68. The molecule has 0 aliphatic carbocycles.